The van der Waals surface area contributed by atoms with Crippen LogP contribution in [0.4, 0.5) is 4.39 Å². The van der Waals surface area contributed by atoms with Gasteiger partial charge in [-0.05, 0) is 36.2 Å². The zero-order valence-electron chi connectivity index (χ0n) is 14.2. The number of halogens is 2. The second-order valence-electron chi connectivity index (χ2n) is 5.69. The van der Waals surface area contributed by atoms with E-state index in [0.29, 0.717) is 25.3 Å². The number of nitrogens with two attached hydrogens (primary N) is 1. The van der Waals surface area contributed by atoms with Gasteiger partial charge in [-0.1, -0.05) is 30.3 Å². The minimum absolute atomic E-state index is 0. The molecule has 136 valence electrons. The van der Waals surface area contributed by atoms with E-state index >= 15 is 0 Å². The van der Waals surface area contributed by atoms with Crippen LogP contribution in [0.5, 0.6) is 5.75 Å². The van der Waals surface area contributed by atoms with Gasteiger partial charge < -0.3 is 15.4 Å². The summed E-state index contributed by atoms with van der Waals surface area (Å²) in [7, 11) is 1.76. The Morgan fingerprint density at radius 3 is 2.44 bits per heavy atom. The molecule has 0 saturated heterocycles. The Bertz CT molecular complexity index is 638. The average Bonchev–Trinajstić information content (AvgIpc) is 2.60. The first kappa shape index (κ1) is 20.9. The van der Waals surface area contributed by atoms with Crippen molar-refractivity contribution in [2.75, 3.05) is 20.2 Å². The predicted octanol–water partition coefficient (Wildman–Crippen LogP) is 3.56. The molecule has 4 nitrogen and oxygen atoms in total. The topological polar surface area (TPSA) is 55.6 Å². The van der Waals surface area contributed by atoms with Crippen LogP contribution in [0.1, 0.15) is 24.4 Å². The molecule has 0 fully saturated rings. The largest absolute Gasteiger partial charge is 0.494 e. The van der Waals surface area contributed by atoms with Gasteiger partial charge in [0.25, 0.3) is 0 Å². The lowest BCUT2D eigenvalue weighted by Crippen LogP contribution is -2.31. The first-order valence-electron chi connectivity index (χ1n) is 7.99. The van der Waals surface area contributed by atoms with Gasteiger partial charge >= 0.3 is 0 Å². The van der Waals surface area contributed by atoms with Crippen LogP contribution in [0.2, 0.25) is 0 Å². The summed E-state index contributed by atoms with van der Waals surface area (Å²) in [5.74, 6) is 0.340. The number of nitrogens with zero attached hydrogens (tertiary/aromatic N) is 1. The lowest BCUT2D eigenvalue weighted by Gasteiger charge is -2.20. The van der Waals surface area contributed by atoms with E-state index < -0.39 is 0 Å². The standard InChI is InChI=1S/C19H23FN2O2.ClH/c1-22(12-5-13-24-17-10-8-16(20)9-11-17)19(23)14-18(21)15-6-3-2-4-7-15;/h2-4,6-11,18H,5,12-14,21H2,1H3;1H. The van der Waals surface area contributed by atoms with E-state index in [1.807, 2.05) is 30.3 Å². The van der Waals surface area contributed by atoms with Gasteiger partial charge in [0.15, 0.2) is 0 Å². The summed E-state index contributed by atoms with van der Waals surface area (Å²) >= 11 is 0. The van der Waals surface area contributed by atoms with E-state index in [9.17, 15) is 9.18 Å². The van der Waals surface area contributed by atoms with Gasteiger partial charge in [0.2, 0.25) is 5.91 Å². The normalized spacial score (nSPS) is 11.3. The minimum Gasteiger partial charge on any atom is -0.494 e. The number of ether oxygens (including phenoxy) is 1. The summed E-state index contributed by atoms with van der Waals surface area (Å²) in [6, 6.07) is 15.2. The Morgan fingerprint density at radius 1 is 1.16 bits per heavy atom. The quantitative estimate of drug-likeness (QED) is 0.727. The van der Waals surface area contributed by atoms with E-state index in [1.54, 1.807) is 24.1 Å². The highest BCUT2D eigenvalue weighted by Gasteiger charge is 2.14. The summed E-state index contributed by atoms with van der Waals surface area (Å²) in [5.41, 5.74) is 7.03. The fourth-order valence-corrected chi connectivity index (χ4v) is 2.31. The molecule has 0 aromatic heterocycles. The molecule has 0 aliphatic heterocycles. The molecule has 0 aliphatic rings. The molecule has 2 aromatic rings. The lowest BCUT2D eigenvalue weighted by molar-refractivity contribution is -0.130. The minimum atomic E-state index is -0.295. The summed E-state index contributed by atoms with van der Waals surface area (Å²) < 4.78 is 18.3. The molecule has 1 amide bonds. The van der Waals surface area contributed by atoms with E-state index in [4.69, 9.17) is 10.5 Å². The van der Waals surface area contributed by atoms with Crippen molar-refractivity contribution in [2.24, 2.45) is 5.73 Å². The molecule has 0 radical (unpaired) electrons. The Hall–Kier alpha value is -2.11. The maximum Gasteiger partial charge on any atom is 0.224 e. The summed E-state index contributed by atoms with van der Waals surface area (Å²) in [6.45, 7) is 1.05. The Labute approximate surface area is 154 Å². The van der Waals surface area contributed by atoms with Crippen molar-refractivity contribution in [1.82, 2.24) is 4.90 Å². The summed E-state index contributed by atoms with van der Waals surface area (Å²) in [6.07, 6.45) is 0.972. The van der Waals surface area contributed by atoms with Crippen LogP contribution in [0, 0.1) is 5.82 Å². The van der Waals surface area contributed by atoms with E-state index in [2.05, 4.69) is 0 Å². The first-order valence-corrected chi connectivity index (χ1v) is 7.99. The number of carbonyl (C=O) groups is 1. The molecular formula is C19H24ClFN2O2. The molecule has 0 spiro atoms. The fraction of sp³-hybridized carbons (Fsp3) is 0.316. The highest BCUT2D eigenvalue weighted by atomic mass is 35.5. The van der Waals surface area contributed by atoms with Crippen molar-refractivity contribution in [2.45, 2.75) is 18.9 Å². The van der Waals surface area contributed by atoms with E-state index in [1.165, 1.54) is 12.1 Å². The molecule has 2 N–H and O–H groups in total. The molecule has 6 heteroatoms. The maximum atomic E-state index is 12.8. The SMILES string of the molecule is CN(CCCOc1ccc(F)cc1)C(=O)CC(N)c1ccccc1.Cl. The molecule has 0 aliphatic carbocycles. The zero-order valence-corrected chi connectivity index (χ0v) is 15.0. The van der Waals surface area contributed by atoms with Gasteiger partial charge in [0.1, 0.15) is 11.6 Å². The fourth-order valence-electron chi connectivity index (χ4n) is 2.31. The highest BCUT2D eigenvalue weighted by molar-refractivity contribution is 5.85. The van der Waals surface area contributed by atoms with Crippen molar-refractivity contribution < 1.29 is 13.9 Å². The summed E-state index contributed by atoms with van der Waals surface area (Å²) in [4.78, 5) is 13.9. The monoisotopic (exact) mass is 366 g/mol. The highest BCUT2D eigenvalue weighted by Crippen LogP contribution is 2.15. The smallest absolute Gasteiger partial charge is 0.224 e. The van der Waals surface area contributed by atoms with Crippen molar-refractivity contribution in [3.05, 3.63) is 66.0 Å². The molecular weight excluding hydrogens is 343 g/mol. The average molecular weight is 367 g/mol. The van der Waals surface area contributed by atoms with Gasteiger partial charge in [-0.3, -0.25) is 4.79 Å². The van der Waals surface area contributed by atoms with Gasteiger partial charge in [-0.15, -0.1) is 12.4 Å². The number of amides is 1. The molecule has 0 bridgehead atoms. The molecule has 25 heavy (non-hydrogen) atoms. The van der Waals surface area contributed by atoms with Gasteiger partial charge in [0.05, 0.1) is 6.61 Å². The van der Waals surface area contributed by atoms with Crippen LogP contribution in [-0.4, -0.2) is 31.0 Å². The molecule has 0 saturated carbocycles. The van der Waals surface area contributed by atoms with E-state index in [0.717, 1.165) is 5.56 Å². The van der Waals surface area contributed by atoms with Crippen LogP contribution in [0.3, 0.4) is 0 Å². The molecule has 1 unspecified atom stereocenters. The molecule has 2 aromatic carbocycles. The van der Waals surface area contributed by atoms with Gasteiger partial charge in [-0.25, -0.2) is 4.39 Å². The second kappa shape index (κ2) is 10.7. The van der Waals surface area contributed by atoms with Crippen LogP contribution in [-0.2, 0) is 4.79 Å². The van der Waals surface area contributed by atoms with Crippen molar-refractivity contribution in [3.63, 3.8) is 0 Å². The second-order valence-corrected chi connectivity index (χ2v) is 5.69. The van der Waals surface area contributed by atoms with Crippen LogP contribution in [0.15, 0.2) is 54.6 Å². The predicted molar refractivity (Wildman–Crippen MR) is 99.4 cm³/mol. The number of hydrogen-bond acceptors (Lipinski definition) is 3. The third kappa shape index (κ3) is 7.11. The van der Waals surface area contributed by atoms with Gasteiger partial charge in [0, 0.05) is 26.1 Å². The number of benzene rings is 2. The van der Waals surface area contributed by atoms with Crippen molar-refractivity contribution in [1.29, 1.82) is 0 Å². The van der Waals surface area contributed by atoms with E-state index in [-0.39, 0.29) is 36.6 Å². The third-order valence-electron chi connectivity index (χ3n) is 3.77. The van der Waals surface area contributed by atoms with Crippen molar-refractivity contribution in [3.8, 4) is 5.75 Å². The molecule has 1 atom stereocenters. The molecule has 2 rings (SSSR count). The van der Waals surface area contributed by atoms with Crippen LogP contribution in [0.25, 0.3) is 0 Å². The lowest BCUT2D eigenvalue weighted by atomic mass is 10.0. The zero-order chi connectivity index (χ0) is 17.4. The van der Waals surface area contributed by atoms with Crippen molar-refractivity contribution >= 4 is 18.3 Å². The molecule has 0 heterocycles. The Morgan fingerprint density at radius 2 is 1.80 bits per heavy atom. The summed E-state index contributed by atoms with van der Waals surface area (Å²) in [5, 5.41) is 0. The van der Waals surface area contributed by atoms with Crippen LogP contribution < -0.4 is 10.5 Å². The van der Waals surface area contributed by atoms with Crippen LogP contribution >= 0.6 is 12.4 Å². The number of carbonyl (C=O) groups excluding carboxylic acids is 1. The number of hydrogen-bond donors (Lipinski definition) is 1. The Kier molecular flexibility index (Phi) is 8.95. The Balaban J connectivity index is 0.00000312. The maximum absolute atomic E-state index is 12.8. The van der Waals surface area contributed by atoms with Gasteiger partial charge in [-0.2, -0.15) is 0 Å². The first-order chi connectivity index (χ1) is 11.6. The third-order valence-corrected chi connectivity index (χ3v) is 3.77. The number of rotatable bonds is 8.